The fourth-order valence-corrected chi connectivity index (χ4v) is 4.21. The van der Waals surface area contributed by atoms with Crippen LogP contribution in [0.15, 0.2) is 48.4 Å². The molecule has 7 nitrogen and oxygen atoms in total. The van der Waals surface area contributed by atoms with Gasteiger partial charge in [-0.15, -0.1) is 0 Å². The van der Waals surface area contributed by atoms with Crippen molar-refractivity contribution in [3.05, 3.63) is 59.7 Å². The minimum atomic E-state index is -4.53. The van der Waals surface area contributed by atoms with Crippen molar-refractivity contribution in [1.82, 2.24) is 15.2 Å². The van der Waals surface area contributed by atoms with Crippen LogP contribution >= 0.6 is 0 Å². The molecule has 4 heterocycles. The lowest BCUT2D eigenvalue weighted by molar-refractivity contribution is -0.137. The number of fused-ring (bicyclic) bond motifs is 3. The number of rotatable bonds is 3. The number of anilines is 3. The van der Waals surface area contributed by atoms with Gasteiger partial charge in [0.25, 0.3) is 5.91 Å². The quantitative estimate of drug-likeness (QED) is 0.778. The van der Waals surface area contributed by atoms with Crippen molar-refractivity contribution in [3.63, 3.8) is 0 Å². The molecule has 0 radical (unpaired) electrons. The molecule has 0 aliphatic carbocycles. The number of halogens is 3. The smallest absolute Gasteiger partial charge is 0.390 e. The van der Waals surface area contributed by atoms with Crippen LogP contribution in [0.3, 0.4) is 0 Å². The van der Waals surface area contributed by atoms with Crippen LogP contribution in [0.2, 0.25) is 0 Å². The Balaban J connectivity index is 1.58. The number of hydrogen-bond donors (Lipinski definition) is 2. The number of aliphatic hydroxyl groups is 1. The molecule has 1 aromatic heterocycles. The second-order valence-corrected chi connectivity index (χ2v) is 7.94. The highest BCUT2D eigenvalue weighted by atomic mass is 19.4. The van der Waals surface area contributed by atoms with Crippen molar-refractivity contribution in [3.8, 4) is 0 Å². The van der Waals surface area contributed by atoms with Gasteiger partial charge in [0, 0.05) is 37.7 Å². The molecule has 3 aliphatic heterocycles. The summed E-state index contributed by atoms with van der Waals surface area (Å²) in [5, 5.41) is 12.7. The van der Waals surface area contributed by atoms with Crippen LogP contribution in [0.25, 0.3) is 0 Å². The largest absolute Gasteiger partial charge is 0.416 e. The molecule has 2 aromatic rings. The van der Waals surface area contributed by atoms with Crippen molar-refractivity contribution in [2.45, 2.75) is 25.4 Å². The zero-order chi connectivity index (χ0) is 21.9. The number of nitrogens with one attached hydrogen (secondary N) is 1. The number of likely N-dealkylation sites (tertiary alicyclic amines) is 1. The highest BCUT2D eigenvalue weighted by Crippen LogP contribution is 2.45. The standard InChI is InChI=1S/C21H20F3N5O2/c1-12-16(3-2-6-25-12)29-18-7-13(21(22,23)24)4-5-17(18)28-9-14(26-19(28)20(29)31)8-27-10-15(30)11-27/h2-7,9,15,19,26,30H,8,10-11H2,1H3. The van der Waals surface area contributed by atoms with Crippen molar-refractivity contribution >= 4 is 23.0 Å². The van der Waals surface area contributed by atoms with Gasteiger partial charge >= 0.3 is 6.18 Å². The van der Waals surface area contributed by atoms with E-state index in [1.165, 1.54) is 11.0 Å². The van der Waals surface area contributed by atoms with Gasteiger partial charge in [-0.1, -0.05) is 0 Å². The summed E-state index contributed by atoms with van der Waals surface area (Å²) in [5.74, 6) is -0.391. The molecule has 1 amide bonds. The first-order valence-corrected chi connectivity index (χ1v) is 9.85. The van der Waals surface area contributed by atoms with E-state index in [4.69, 9.17) is 0 Å². The van der Waals surface area contributed by atoms with Gasteiger partial charge in [-0.25, -0.2) is 0 Å². The van der Waals surface area contributed by atoms with E-state index >= 15 is 0 Å². The van der Waals surface area contributed by atoms with Crippen molar-refractivity contribution in [2.24, 2.45) is 0 Å². The van der Waals surface area contributed by atoms with Crippen LogP contribution in [0, 0.1) is 6.92 Å². The van der Waals surface area contributed by atoms with Crippen molar-refractivity contribution in [2.75, 3.05) is 29.4 Å². The van der Waals surface area contributed by atoms with Gasteiger partial charge in [0.05, 0.1) is 34.4 Å². The third kappa shape index (κ3) is 3.31. The van der Waals surface area contributed by atoms with Crippen LogP contribution in [-0.4, -0.2) is 52.8 Å². The number of amides is 1. The van der Waals surface area contributed by atoms with Crippen LogP contribution < -0.4 is 15.1 Å². The Kier molecular flexibility index (Phi) is 4.45. The van der Waals surface area contributed by atoms with E-state index in [2.05, 4.69) is 10.3 Å². The van der Waals surface area contributed by atoms with Gasteiger partial charge in [0.1, 0.15) is 0 Å². The van der Waals surface area contributed by atoms with Gasteiger partial charge in [-0.05, 0) is 37.3 Å². The Bertz CT molecular complexity index is 1080. The molecule has 1 atom stereocenters. The predicted molar refractivity (Wildman–Crippen MR) is 107 cm³/mol. The van der Waals surface area contributed by atoms with Gasteiger partial charge in [-0.2, -0.15) is 13.2 Å². The zero-order valence-electron chi connectivity index (χ0n) is 16.6. The summed E-state index contributed by atoms with van der Waals surface area (Å²) < 4.78 is 40.3. The molecule has 1 saturated heterocycles. The predicted octanol–water partition coefficient (Wildman–Crippen LogP) is 2.34. The number of aromatic nitrogens is 1. The first-order valence-electron chi connectivity index (χ1n) is 9.85. The SMILES string of the molecule is Cc1ncccc1N1C(=O)C2NC(CN3CC(O)C3)=CN2c2ccc(C(F)(F)F)cc21. The number of hydrogen-bond acceptors (Lipinski definition) is 6. The molecule has 1 fully saturated rings. The summed E-state index contributed by atoms with van der Waals surface area (Å²) in [4.78, 5) is 22.7. The molecule has 162 valence electrons. The molecule has 1 aromatic carbocycles. The lowest BCUT2D eigenvalue weighted by Crippen LogP contribution is -2.55. The summed E-state index contributed by atoms with van der Waals surface area (Å²) in [6.45, 7) is 3.32. The number of aryl methyl sites for hydroxylation is 1. The third-order valence-electron chi connectivity index (χ3n) is 5.72. The molecule has 0 bridgehead atoms. The summed E-state index contributed by atoms with van der Waals surface area (Å²) in [6.07, 6.45) is -2.33. The summed E-state index contributed by atoms with van der Waals surface area (Å²) in [5.41, 5.74) is 1.57. The minimum Gasteiger partial charge on any atom is -0.390 e. The fraction of sp³-hybridized carbons (Fsp3) is 0.333. The number of aliphatic hydroxyl groups excluding tert-OH is 1. The van der Waals surface area contributed by atoms with E-state index in [0.717, 1.165) is 17.8 Å². The molecular formula is C21H20F3N5O2. The maximum atomic E-state index is 13.5. The average Bonchev–Trinajstić information content (AvgIpc) is 3.12. The van der Waals surface area contributed by atoms with E-state index in [0.29, 0.717) is 36.7 Å². The third-order valence-corrected chi connectivity index (χ3v) is 5.72. The lowest BCUT2D eigenvalue weighted by Gasteiger charge is -2.39. The fourth-order valence-electron chi connectivity index (χ4n) is 4.21. The normalized spacial score (nSPS) is 21.4. The molecule has 5 rings (SSSR count). The maximum absolute atomic E-state index is 13.5. The first kappa shape index (κ1) is 19.8. The highest BCUT2D eigenvalue weighted by molar-refractivity contribution is 6.11. The molecule has 3 aliphatic rings. The highest BCUT2D eigenvalue weighted by Gasteiger charge is 2.44. The molecule has 10 heteroatoms. The summed E-state index contributed by atoms with van der Waals surface area (Å²) in [7, 11) is 0. The van der Waals surface area contributed by atoms with Crippen LogP contribution in [0.5, 0.6) is 0 Å². The number of pyridine rings is 1. The minimum absolute atomic E-state index is 0.158. The Morgan fingerprint density at radius 3 is 2.65 bits per heavy atom. The zero-order valence-corrected chi connectivity index (χ0v) is 16.6. The number of nitrogens with zero attached hydrogens (tertiary/aromatic N) is 4. The molecular weight excluding hydrogens is 411 g/mol. The average molecular weight is 431 g/mol. The summed E-state index contributed by atoms with van der Waals surface area (Å²) >= 11 is 0. The van der Waals surface area contributed by atoms with E-state index in [9.17, 15) is 23.1 Å². The molecule has 31 heavy (non-hydrogen) atoms. The molecule has 1 unspecified atom stereocenters. The van der Waals surface area contributed by atoms with Gasteiger partial charge in [0.2, 0.25) is 0 Å². The monoisotopic (exact) mass is 431 g/mol. The first-order chi connectivity index (χ1) is 14.7. The topological polar surface area (TPSA) is 71.9 Å². The van der Waals surface area contributed by atoms with Gasteiger partial charge < -0.3 is 15.3 Å². The maximum Gasteiger partial charge on any atom is 0.416 e. The second kappa shape index (κ2) is 6.96. The van der Waals surface area contributed by atoms with Crippen LogP contribution in [0.4, 0.5) is 30.2 Å². The Morgan fingerprint density at radius 2 is 1.97 bits per heavy atom. The lowest BCUT2D eigenvalue weighted by atomic mass is 10.1. The number of alkyl halides is 3. The number of β-amino-alcohol motifs (C(OH)–C–C–N with tert-alkyl or cyclic N) is 1. The van der Waals surface area contributed by atoms with E-state index < -0.39 is 23.8 Å². The number of carbonyl (C=O) groups excluding carboxylic acids is 1. The Labute approximate surface area is 176 Å². The number of carbonyl (C=O) groups is 1. The molecule has 0 spiro atoms. The van der Waals surface area contributed by atoms with Crippen molar-refractivity contribution < 1.29 is 23.1 Å². The van der Waals surface area contributed by atoms with E-state index in [1.54, 1.807) is 36.4 Å². The molecule has 0 saturated carbocycles. The van der Waals surface area contributed by atoms with E-state index in [-0.39, 0.29) is 11.8 Å². The molecule has 2 N–H and O–H groups in total. The van der Waals surface area contributed by atoms with Crippen LogP contribution in [-0.2, 0) is 11.0 Å². The van der Waals surface area contributed by atoms with Crippen LogP contribution in [0.1, 0.15) is 11.3 Å². The van der Waals surface area contributed by atoms with E-state index in [1.807, 2.05) is 4.90 Å². The van der Waals surface area contributed by atoms with Crippen molar-refractivity contribution in [1.29, 1.82) is 0 Å². The summed E-state index contributed by atoms with van der Waals surface area (Å²) in [6, 6.07) is 6.75. The second-order valence-electron chi connectivity index (χ2n) is 7.94. The van der Waals surface area contributed by atoms with Gasteiger partial charge in [0.15, 0.2) is 6.17 Å². The Hall–Kier alpha value is -3.11. The van der Waals surface area contributed by atoms with Gasteiger partial charge in [-0.3, -0.25) is 19.6 Å². The number of benzene rings is 1. The Morgan fingerprint density at radius 1 is 1.19 bits per heavy atom.